The van der Waals surface area contributed by atoms with Crippen molar-refractivity contribution in [3.63, 3.8) is 0 Å². The van der Waals surface area contributed by atoms with Gasteiger partial charge in [0, 0.05) is 12.5 Å². The summed E-state index contributed by atoms with van der Waals surface area (Å²) in [7, 11) is -2.40. The molecule has 0 amide bonds. The molecule has 0 N–H and O–H groups in total. The van der Waals surface area contributed by atoms with Gasteiger partial charge < -0.3 is 12.6 Å². The van der Waals surface area contributed by atoms with Crippen LogP contribution in [0.15, 0.2) is 0 Å². The normalized spacial score (nSPS) is 8.75. The number of rotatable bonds is 3. The van der Waals surface area contributed by atoms with E-state index in [0.29, 0.717) is 0 Å². The van der Waals surface area contributed by atoms with E-state index < -0.39 is 11.0 Å². The Kier molecular flexibility index (Phi) is 13.8. The van der Waals surface area contributed by atoms with Crippen molar-refractivity contribution in [1.82, 2.24) is 0 Å². The van der Waals surface area contributed by atoms with Crippen molar-refractivity contribution in [3.8, 4) is 0 Å². The van der Waals surface area contributed by atoms with Crippen LogP contribution in [-0.4, -0.2) is 12.5 Å². The van der Waals surface area contributed by atoms with Gasteiger partial charge in [-0.15, -0.1) is 11.6 Å². The standard InChI is InChI=1S/C2H4ClO3S.K/c3-1-2-6-7(4)5;/h1-2H2;/q-1;+1. The van der Waals surface area contributed by atoms with Crippen LogP contribution in [0.4, 0.5) is 0 Å². The molecule has 0 rings (SSSR count). The molecule has 0 aliphatic rings. The summed E-state index contributed by atoms with van der Waals surface area (Å²) in [6.07, 6.45) is 0. The van der Waals surface area contributed by atoms with E-state index in [1.165, 1.54) is 0 Å². The predicted octanol–water partition coefficient (Wildman–Crippen LogP) is -2.53. The van der Waals surface area contributed by atoms with Crippen LogP contribution in [0.2, 0.25) is 0 Å². The topological polar surface area (TPSA) is 43.4 Å². The van der Waals surface area contributed by atoms with Crippen LogP contribution in [0, 0.1) is 0 Å². The Bertz CT molecular complexity index is 95.5. The van der Waals surface area contributed by atoms with Gasteiger partial charge in [-0.05, 0) is 0 Å². The van der Waals surface area contributed by atoms with E-state index in [0.717, 1.165) is 0 Å². The van der Waals surface area contributed by atoms with Crippen LogP contribution in [0.3, 0.4) is 0 Å². The molecule has 0 unspecified atom stereocenters. The van der Waals surface area contributed by atoms with Crippen molar-refractivity contribution in [3.05, 3.63) is 0 Å². The third-order valence-corrected chi connectivity index (χ3v) is 0.770. The predicted molar refractivity (Wildman–Crippen MR) is 25.4 cm³/mol. The monoisotopic (exact) mass is 182 g/mol. The van der Waals surface area contributed by atoms with Gasteiger partial charge in [-0.2, -0.15) is 0 Å². The minimum absolute atomic E-state index is 0. The van der Waals surface area contributed by atoms with E-state index >= 15 is 0 Å². The quantitative estimate of drug-likeness (QED) is 0.275. The molecule has 0 bridgehead atoms. The largest absolute Gasteiger partial charge is 1.00 e. The summed E-state index contributed by atoms with van der Waals surface area (Å²) in [5, 5.41) is 0. The van der Waals surface area contributed by atoms with Crippen molar-refractivity contribution in [2.75, 3.05) is 12.5 Å². The second-order valence-electron chi connectivity index (χ2n) is 0.715. The molecule has 0 aromatic rings. The molecule has 0 aliphatic carbocycles. The van der Waals surface area contributed by atoms with E-state index in [2.05, 4.69) is 4.18 Å². The minimum Gasteiger partial charge on any atom is -0.423 e. The Hall–Kier alpha value is 1.84. The summed E-state index contributed by atoms with van der Waals surface area (Å²) in [5.41, 5.74) is 0. The zero-order valence-electron chi connectivity index (χ0n) is 4.43. The molecular formula is C2H4ClKO3S. The summed E-state index contributed by atoms with van der Waals surface area (Å²) >= 11 is 5.05. The molecule has 0 saturated heterocycles. The maximum absolute atomic E-state index is 9.48. The number of alkyl halides is 1. The molecule has 0 fully saturated rings. The zero-order chi connectivity index (χ0) is 5.70. The number of halogens is 1. The second-order valence-corrected chi connectivity index (χ2v) is 1.74. The van der Waals surface area contributed by atoms with Gasteiger partial charge >= 0.3 is 51.4 Å². The van der Waals surface area contributed by atoms with Crippen LogP contribution in [0.5, 0.6) is 0 Å². The molecular weight excluding hydrogens is 179 g/mol. The van der Waals surface area contributed by atoms with Crippen molar-refractivity contribution >= 4 is 22.6 Å². The Morgan fingerprint density at radius 2 is 2.00 bits per heavy atom. The maximum Gasteiger partial charge on any atom is 1.00 e. The van der Waals surface area contributed by atoms with E-state index in [-0.39, 0.29) is 63.9 Å². The minimum atomic E-state index is -2.40. The number of hydrogen-bond acceptors (Lipinski definition) is 4. The molecule has 8 heavy (non-hydrogen) atoms. The van der Waals surface area contributed by atoms with Crippen LogP contribution >= 0.6 is 11.6 Å². The van der Waals surface area contributed by atoms with E-state index in [9.17, 15) is 8.42 Å². The fourth-order valence-corrected chi connectivity index (χ4v) is 0.488. The summed E-state index contributed by atoms with van der Waals surface area (Å²) in [5.74, 6) is 0.202. The van der Waals surface area contributed by atoms with E-state index in [1.54, 1.807) is 0 Å². The molecule has 3 nitrogen and oxygen atoms in total. The molecule has 44 valence electrons. The average molecular weight is 183 g/mol. The smallest absolute Gasteiger partial charge is 0.423 e. The van der Waals surface area contributed by atoms with Crippen LogP contribution < -0.4 is 51.4 Å². The van der Waals surface area contributed by atoms with Crippen molar-refractivity contribution in [2.45, 2.75) is 0 Å². The first-order valence-corrected chi connectivity index (χ1v) is 3.09. The molecule has 0 saturated carbocycles. The first-order chi connectivity index (χ1) is 3.27. The van der Waals surface area contributed by atoms with Gasteiger partial charge in [0.25, 0.3) is 0 Å². The molecule has 0 radical (unpaired) electrons. The van der Waals surface area contributed by atoms with Crippen LogP contribution in [-0.2, 0) is 23.6 Å². The molecule has 0 heterocycles. The van der Waals surface area contributed by atoms with Gasteiger partial charge in [0.15, 0.2) is 0 Å². The van der Waals surface area contributed by atoms with Crippen molar-refractivity contribution < 1.29 is 64.0 Å². The van der Waals surface area contributed by atoms with Gasteiger partial charge in [0.1, 0.15) is 0 Å². The molecule has 0 aliphatic heterocycles. The van der Waals surface area contributed by atoms with Gasteiger partial charge in [0.2, 0.25) is 0 Å². The molecule has 0 atom stereocenters. The summed E-state index contributed by atoms with van der Waals surface area (Å²) in [6.45, 7) is 0.0532. The molecule has 0 spiro atoms. The first-order valence-electron chi connectivity index (χ1n) is 1.56. The molecule has 0 aromatic heterocycles. The fraction of sp³-hybridized carbons (Fsp3) is 1.00. The summed E-state index contributed by atoms with van der Waals surface area (Å²) < 4.78 is 22.9. The molecule has 6 heteroatoms. The van der Waals surface area contributed by atoms with Crippen molar-refractivity contribution in [2.24, 2.45) is 0 Å². The van der Waals surface area contributed by atoms with Gasteiger partial charge in [-0.3, -0.25) is 0 Å². The van der Waals surface area contributed by atoms with Gasteiger partial charge in [-0.25, -0.2) is 0 Å². The first kappa shape index (κ1) is 12.5. The fourth-order valence-electron chi connectivity index (χ4n) is 0.0995. The van der Waals surface area contributed by atoms with E-state index in [4.69, 9.17) is 11.6 Å². The van der Waals surface area contributed by atoms with E-state index in [1.807, 2.05) is 0 Å². The Morgan fingerprint density at radius 3 is 2.12 bits per heavy atom. The summed E-state index contributed by atoms with van der Waals surface area (Å²) in [4.78, 5) is 0. The van der Waals surface area contributed by atoms with Gasteiger partial charge in [-0.1, -0.05) is 0 Å². The van der Waals surface area contributed by atoms with Crippen LogP contribution in [0.1, 0.15) is 0 Å². The zero-order valence-corrected chi connectivity index (χ0v) is 9.12. The van der Waals surface area contributed by atoms with Gasteiger partial charge in [0.05, 0.1) is 11.0 Å². The summed E-state index contributed by atoms with van der Waals surface area (Å²) in [6, 6.07) is 0. The SMILES string of the molecule is O=[S-](=O)OCCCl.[K+]. The Morgan fingerprint density at radius 1 is 1.50 bits per heavy atom. The Balaban J connectivity index is 0. The maximum atomic E-state index is 9.48. The third-order valence-electron chi connectivity index (χ3n) is 0.257. The van der Waals surface area contributed by atoms with Crippen molar-refractivity contribution in [1.29, 1.82) is 0 Å². The second kappa shape index (κ2) is 8.84. The van der Waals surface area contributed by atoms with Crippen LogP contribution in [0.25, 0.3) is 0 Å². The average Bonchev–Trinajstić information content (AvgIpc) is 1.61. The third kappa shape index (κ3) is 10.8. The molecule has 0 aromatic carbocycles. The Labute approximate surface area is 97.3 Å². The number of hydrogen-bond donors (Lipinski definition) is 0.